The van der Waals surface area contributed by atoms with Crippen LogP contribution in [-0.2, 0) is 21.5 Å². The fourth-order valence-corrected chi connectivity index (χ4v) is 5.84. The Morgan fingerprint density at radius 3 is 2.32 bits per heavy atom. The van der Waals surface area contributed by atoms with E-state index in [0.29, 0.717) is 18.8 Å². The average Bonchev–Trinajstić information content (AvgIpc) is 3.14. The molecule has 5 rings (SSSR count). The summed E-state index contributed by atoms with van der Waals surface area (Å²) in [6.07, 6.45) is 4.20. The molecule has 4 heterocycles. The van der Waals surface area contributed by atoms with E-state index >= 15 is 0 Å². The highest BCUT2D eigenvalue weighted by Crippen LogP contribution is 2.45. The second-order valence-corrected chi connectivity index (χ2v) is 12.6. The van der Waals surface area contributed by atoms with E-state index in [4.69, 9.17) is 0 Å². The van der Waals surface area contributed by atoms with Crippen LogP contribution in [0.25, 0.3) is 0 Å². The van der Waals surface area contributed by atoms with Gasteiger partial charge in [0.2, 0.25) is 5.91 Å². The Morgan fingerprint density at radius 1 is 1.05 bits per heavy atom. The lowest BCUT2D eigenvalue weighted by Gasteiger charge is -2.49. The van der Waals surface area contributed by atoms with E-state index < -0.39 is 5.54 Å². The van der Waals surface area contributed by atoms with Crippen LogP contribution >= 0.6 is 0 Å². The molecule has 1 aromatic heterocycles. The maximum atomic E-state index is 13.8. The lowest BCUT2D eigenvalue weighted by atomic mass is 9.87. The van der Waals surface area contributed by atoms with Crippen molar-refractivity contribution >= 4 is 29.2 Å². The number of carbonyl (C=O) groups is 3. The van der Waals surface area contributed by atoms with E-state index in [9.17, 15) is 14.4 Å². The summed E-state index contributed by atoms with van der Waals surface area (Å²) in [5.41, 5.74) is 1.92. The predicted molar refractivity (Wildman–Crippen MR) is 143 cm³/mol. The predicted octanol–water partition coefficient (Wildman–Crippen LogP) is 4.33. The highest BCUT2D eigenvalue weighted by atomic mass is 16.2. The third kappa shape index (κ3) is 4.02. The van der Waals surface area contributed by atoms with Crippen LogP contribution in [0.5, 0.6) is 0 Å². The third-order valence-electron chi connectivity index (χ3n) is 8.16. The van der Waals surface area contributed by atoms with Crippen molar-refractivity contribution in [2.24, 2.45) is 0 Å². The maximum absolute atomic E-state index is 13.8. The van der Waals surface area contributed by atoms with Gasteiger partial charge in [0.25, 0.3) is 5.91 Å². The fraction of sp³-hybridized carbons (Fsp3) is 0.517. The Morgan fingerprint density at radius 2 is 1.73 bits per heavy atom. The molecule has 37 heavy (non-hydrogen) atoms. The van der Waals surface area contributed by atoms with E-state index in [1.165, 1.54) is 4.90 Å². The van der Waals surface area contributed by atoms with Gasteiger partial charge in [-0.15, -0.1) is 0 Å². The number of pyridine rings is 1. The van der Waals surface area contributed by atoms with Gasteiger partial charge < -0.3 is 9.80 Å². The molecule has 0 saturated carbocycles. The molecule has 1 unspecified atom stereocenters. The molecular weight excluding hydrogens is 466 g/mol. The molecule has 0 bridgehead atoms. The van der Waals surface area contributed by atoms with Gasteiger partial charge >= 0.3 is 6.03 Å². The summed E-state index contributed by atoms with van der Waals surface area (Å²) in [6.45, 7) is 16.0. The second-order valence-electron chi connectivity index (χ2n) is 12.6. The molecule has 2 fully saturated rings. The number of nitrogens with zero attached hydrogens (tertiary/aromatic N) is 5. The zero-order valence-corrected chi connectivity index (χ0v) is 22.9. The number of urea groups is 1. The summed E-state index contributed by atoms with van der Waals surface area (Å²) in [5.74, 6) is -0.191. The van der Waals surface area contributed by atoms with Crippen LogP contribution in [-0.4, -0.2) is 62.8 Å². The van der Waals surface area contributed by atoms with E-state index in [1.54, 1.807) is 31.1 Å². The van der Waals surface area contributed by atoms with Crippen molar-refractivity contribution in [2.75, 3.05) is 22.9 Å². The summed E-state index contributed by atoms with van der Waals surface area (Å²) in [7, 11) is 0. The molecule has 2 aromatic rings. The molecule has 4 amide bonds. The number of hydrogen-bond donors (Lipinski definition) is 0. The lowest BCUT2D eigenvalue weighted by Crippen LogP contribution is -2.63. The molecule has 0 aliphatic carbocycles. The number of likely N-dealkylation sites (tertiary alicyclic amines) is 1. The van der Waals surface area contributed by atoms with Crippen LogP contribution in [0.3, 0.4) is 0 Å². The van der Waals surface area contributed by atoms with Crippen molar-refractivity contribution in [1.82, 2.24) is 14.8 Å². The number of rotatable bonds is 4. The van der Waals surface area contributed by atoms with Gasteiger partial charge in [0.1, 0.15) is 5.54 Å². The largest absolute Gasteiger partial charge is 0.332 e. The zero-order chi connectivity index (χ0) is 26.9. The molecule has 8 nitrogen and oxygen atoms in total. The van der Waals surface area contributed by atoms with Gasteiger partial charge in [-0.2, -0.15) is 0 Å². The summed E-state index contributed by atoms with van der Waals surface area (Å²) < 4.78 is 0. The maximum Gasteiger partial charge on any atom is 0.332 e. The minimum Gasteiger partial charge on any atom is -0.310 e. The highest BCUT2D eigenvalue weighted by molar-refractivity contribution is 6.23. The first-order chi connectivity index (χ1) is 17.2. The quantitative estimate of drug-likeness (QED) is 0.581. The van der Waals surface area contributed by atoms with Crippen LogP contribution in [0.15, 0.2) is 42.7 Å². The van der Waals surface area contributed by atoms with Crippen molar-refractivity contribution in [1.29, 1.82) is 0 Å². The monoisotopic (exact) mass is 503 g/mol. The second kappa shape index (κ2) is 8.38. The van der Waals surface area contributed by atoms with Gasteiger partial charge in [0, 0.05) is 48.7 Å². The number of benzene rings is 1. The first-order valence-corrected chi connectivity index (χ1v) is 13.0. The number of anilines is 2. The molecule has 0 spiro atoms. The minimum absolute atomic E-state index is 0.0866. The Labute approximate surface area is 219 Å². The van der Waals surface area contributed by atoms with Crippen LogP contribution < -0.4 is 9.80 Å². The van der Waals surface area contributed by atoms with E-state index in [1.807, 2.05) is 35.2 Å². The number of imide groups is 1. The van der Waals surface area contributed by atoms with Crippen molar-refractivity contribution in [3.05, 3.63) is 53.9 Å². The molecule has 0 N–H and O–H groups in total. The Balaban J connectivity index is 1.48. The minimum atomic E-state index is -1.01. The molecule has 2 saturated heterocycles. The molecule has 3 aliphatic heterocycles. The molecule has 8 heteroatoms. The van der Waals surface area contributed by atoms with E-state index in [2.05, 4.69) is 44.5 Å². The smallest absolute Gasteiger partial charge is 0.310 e. The summed E-state index contributed by atoms with van der Waals surface area (Å²) in [5, 5.41) is 0. The molecule has 196 valence electrons. The first-order valence-electron chi connectivity index (χ1n) is 13.0. The van der Waals surface area contributed by atoms with Crippen molar-refractivity contribution in [3.8, 4) is 0 Å². The number of amides is 4. The van der Waals surface area contributed by atoms with Crippen molar-refractivity contribution in [3.63, 3.8) is 0 Å². The van der Waals surface area contributed by atoms with Crippen molar-refractivity contribution < 1.29 is 14.4 Å². The van der Waals surface area contributed by atoms with Crippen molar-refractivity contribution in [2.45, 2.75) is 84.0 Å². The van der Waals surface area contributed by atoms with Gasteiger partial charge in [-0.25, -0.2) is 9.69 Å². The fourth-order valence-electron chi connectivity index (χ4n) is 5.84. The Kier molecular flexibility index (Phi) is 5.75. The van der Waals surface area contributed by atoms with Gasteiger partial charge in [-0.1, -0.05) is 19.9 Å². The molecular formula is C29H37N5O3. The van der Waals surface area contributed by atoms with Crippen LogP contribution in [0, 0.1) is 0 Å². The summed E-state index contributed by atoms with van der Waals surface area (Å²) >= 11 is 0. The van der Waals surface area contributed by atoms with E-state index in [0.717, 1.165) is 29.8 Å². The van der Waals surface area contributed by atoms with Crippen LogP contribution in [0.1, 0.15) is 66.0 Å². The number of hydrogen-bond acceptors (Lipinski definition) is 5. The van der Waals surface area contributed by atoms with E-state index in [-0.39, 0.29) is 34.8 Å². The number of carbonyl (C=O) groups excluding carboxylic acids is 3. The number of aromatic nitrogens is 1. The van der Waals surface area contributed by atoms with Gasteiger partial charge in [0.15, 0.2) is 0 Å². The first kappa shape index (κ1) is 25.4. The highest BCUT2D eigenvalue weighted by Gasteiger charge is 2.52. The molecule has 3 aliphatic rings. The average molecular weight is 504 g/mol. The molecule has 1 atom stereocenters. The molecule has 0 radical (unpaired) electrons. The van der Waals surface area contributed by atoms with Crippen LogP contribution in [0.4, 0.5) is 16.2 Å². The summed E-state index contributed by atoms with van der Waals surface area (Å²) in [4.78, 5) is 52.0. The van der Waals surface area contributed by atoms with Gasteiger partial charge in [0.05, 0.1) is 11.7 Å². The Bertz CT molecular complexity index is 1260. The number of fused-ring (bicyclic) bond motifs is 1. The topological polar surface area (TPSA) is 77.1 Å². The molecule has 1 aromatic carbocycles. The SMILES string of the molecule is CC1(C)CN(C(=O)C2CCN2C(C)(C)C)c2cc(N3C(=O)N(Cc4ccncc4)C(C)(C)C3=O)ccc21. The third-order valence-corrected chi connectivity index (χ3v) is 8.16. The lowest BCUT2D eigenvalue weighted by molar-refractivity contribution is -0.132. The van der Waals surface area contributed by atoms with Crippen LogP contribution in [0.2, 0.25) is 0 Å². The summed E-state index contributed by atoms with van der Waals surface area (Å²) in [6, 6.07) is 8.83. The zero-order valence-electron chi connectivity index (χ0n) is 22.9. The Hall–Kier alpha value is -3.26. The van der Waals surface area contributed by atoms with Gasteiger partial charge in [-0.3, -0.25) is 19.5 Å². The van der Waals surface area contributed by atoms with Gasteiger partial charge in [-0.05, 0) is 76.4 Å². The standard InChI is InChI=1S/C29H37N5O3/c1-27(2,3)32-15-12-22(32)24(35)31-18-28(4,5)21-9-8-20(16-23(21)31)34-25(36)29(6,7)33(26(34)37)17-19-10-13-30-14-11-19/h8-11,13-14,16,22H,12,15,17-18H2,1-7H3. The normalized spacial score (nSPS) is 22.9.